The van der Waals surface area contributed by atoms with Gasteiger partial charge in [0.25, 0.3) is 0 Å². The van der Waals surface area contributed by atoms with E-state index in [0.29, 0.717) is 10.8 Å². The maximum atomic E-state index is 2.50. The summed E-state index contributed by atoms with van der Waals surface area (Å²) in [5.74, 6) is 0. The van der Waals surface area contributed by atoms with Gasteiger partial charge in [-0.15, -0.1) is 0 Å². The molecule has 1 aliphatic carbocycles. The maximum absolute atomic E-state index is 2.50. The van der Waals surface area contributed by atoms with Crippen LogP contribution in [0.4, 0.5) is 0 Å². The first-order valence-electron chi connectivity index (χ1n) is 5.52. The van der Waals surface area contributed by atoms with Crippen LogP contribution in [0.3, 0.4) is 0 Å². The first-order chi connectivity index (χ1) is 5.52. The van der Waals surface area contributed by atoms with Crippen LogP contribution < -0.4 is 0 Å². The lowest BCUT2D eigenvalue weighted by atomic mass is 9.57. The first kappa shape index (κ1) is 10.1. The molecule has 0 aromatic rings. The molecule has 0 heterocycles. The van der Waals surface area contributed by atoms with Crippen molar-refractivity contribution in [2.24, 2.45) is 10.8 Å². The van der Waals surface area contributed by atoms with Crippen molar-refractivity contribution < 1.29 is 0 Å². The number of rotatable bonds is 2. The van der Waals surface area contributed by atoms with Gasteiger partial charge in [-0.1, -0.05) is 47.0 Å². The number of hydrogen-bond acceptors (Lipinski definition) is 0. The Morgan fingerprint density at radius 3 is 2.08 bits per heavy atom. The van der Waals surface area contributed by atoms with Crippen LogP contribution in [0.25, 0.3) is 0 Å². The van der Waals surface area contributed by atoms with Crippen LogP contribution in [-0.2, 0) is 0 Å². The minimum Gasteiger partial charge on any atom is -0.0654 e. The number of hydrogen-bond donors (Lipinski definition) is 0. The quantitative estimate of drug-likeness (QED) is 0.573. The second-order valence-corrected chi connectivity index (χ2v) is 5.40. The Bertz CT molecular complexity index is 142. The summed E-state index contributed by atoms with van der Waals surface area (Å²) < 4.78 is 0. The van der Waals surface area contributed by atoms with Crippen LogP contribution in [0.2, 0.25) is 0 Å². The van der Waals surface area contributed by atoms with Crippen LogP contribution in [0, 0.1) is 10.8 Å². The SMILES string of the molecule is CCCC1(C)CCCCC1(C)C. The standard InChI is InChI=1S/C12H24/c1-5-8-12(4)10-7-6-9-11(12,2)3/h5-10H2,1-4H3. The van der Waals surface area contributed by atoms with Gasteiger partial charge in [0.2, 0.25) is 0 Å². The van der Waals surface area contributed by atoms with Gasteiger partial charge >= 0.3 is 0 Å². The van der Waals surface area contributed by atoms with E-state index in [2.05, 4.69) is 27.7 Å². The third-order valence-electron chi connectivity index (χ3n) is 4.22. The molecule has 0 aliphatic heterocycles. The van der Waals surface area contributed by atoms with E-state index in [-0.39, 0.29) is 0 Å². The fourth-order valence-corrected chi connectivity index (χ4v) is 2.74. The molecule has 1 fully saturated rings. The molecule has 1 saturated carbocycles. The second kappa shape index (κ2) is 3.40. The van der Waals surface area contributed by atoms with Crippen molar-refractivity contribution in [1.82, 2.24) is 0 Å². The summed E-state index contributed by atoms with van der Waals surface area (Å²) in [6.45, 7) is 9.73. The summed E-state index contributed by atoms with van der Waals surface area (Å²) in [4.78, 5) is 0. The summed E-state index contributed by atoms with van der Waals surface area (Å²) in [6.07, 6.45) is 8.56. The zero-order chi connectivity index (χ0) is 9.24. The Morgan fingerprint density at radius 1 is 1.00 bits per heavy atom. The van der Waals surface area contributed by atoms with Gasteiger partial charge in [0.15, 0.2) is 0 Å². The van der Waals surface area contributed by atoms with Gasteiger partial charge in [0, 0.05) is 0 Å². The topological polar surface area (TPSA) is 0 Å². The van der Waals surface area contributed by atoms with Crippen LogP contribution in [0.5, 0.6) is 0 Å². The predicted molar refractivity (Wildman–Crippen MR) is 55.3 cm³/mol. The molecule has 0 saturated heterocycles. The third kappa shape index (κ3) is 1.67. The highest BCUT2D eigenvalue weighted by atomic mass is 14.5. The summed E-state index contributed by atoms with van der Waals surface area (Å²) in [5, 5.41) is 0. The van der Waals surface area contributed by atoms with Crippen molar-refractivity contribution in [1.29, 1.82) is 0 Å². The summed E-state index contributed by atoms with van der Waals surface area (Å²) in [5.41, 5.74) is 1.21. The lowest BCUT2D eigenvalue weighted by Gasteiger charge is -2.48. The van der Waals surface area contributed by atoms with Crippen LogP contribution in [0.1, 0.15) is 66.2 Å². The Kier molecular flexibility index (Phi) is 2.85. The molecule has 1 unspecified atom stereocenters. The van der Waals surface area contributed by atoms with Crippen LogP contribution in [0.15, 0.2) is 0 Å². The first-order valence-corrected chi connectivity index (χ1v) is 5.52. The molecule has 1 rings (SSSR count). The maximum Gasteiger partial charge on any atom is -0.0275 e. The smallest absolute Gasteiger partial charge is 0.0275 e. The molecular weight excluding hydrogens is 144 g/mol. The van der Waals surface area contributed by atoms with Gasteiger partial charge < -0.3 is 0 Å². The highest BCUT2D eigenvalue weighted by Gasteiger charge is 2.41. The molecule has 12 heavy (non-hydrogen) atoms. The van der Waals surface area contributed by atoms with E-state index < -0.39 is 0 Å². The van der Waals surface area contributed by atoms with E-state index in [1.165, 1.54) is 38.5 Å². The van der Waals surface area contributed by atoms with Crippen LogP contribution in [-0.4, -0.2) is 0 Å². The van der Waals surface area contributed by atoms with Crippen molar-refractivity contribution in [3.63, 3.8) is 0 Å². The molecule has 1 aliphatic rings. The monoisotopic (exact) mass is 168 g/mol. The average Bonchev–Trinajstić information content (AvgIpc) is 1.96. The van der Waals surface area contributed by atoms with Crippen molar-refractivity contribution in [2.45, 2.75) is 66.2 Å². The molecule has 0 nitrogen and oxygen atoms in total. The molecule has 0 aromatic heterocycles. The molecule has 0 aromatic carbocycles. The zero-order valence-electron chi connectivity index (χ0n) is 9.24. The molecule has 1 atom stereocenters. The van der Waals surface area contributed by atoms with Crippen LogP contribution >= 0.6 is 0 Å². The Labute approximate surface area is 77.7 Å². The minimum absolute atomic E-state index is 0.585. The van der Waals surface area contributed by atoms with E-state index in [9.17, 15) is 0 Å². The molecule has 0 amide bonds. The van der Waals surface area contributed by atoms with Gasteiger partial charge in [-0.2, -0.15) is 0 Å². The predicted octanol–water partition coefficient (Wildman–Crippen LogP) is 4.39. The fourth-order valence-electron chi connectivity index (χ4n) is 2.74. The summed E-state index contributed by atoms with van der Waals surface area (Å²) in [6, 6.07) is 0. The van der Waals surface area contributed by atoms with Gasteiger partial charge in [-0.05, 0) is 30.1 Å². The van der Waals surface area contributed by atoms with Crippen molar-refractivity contribution >= 4 is 0 Å². The molecule has 0 bridgehead atoms. The van der Waals surface area contributed by atoms with E-state index in [1.54, 1.807) is 0 Å². The molecule has 0 heteroatoms. The third-order valence-corrected chi connectivity index (χ3v) is 4.22. The summed E-state index contributed by atoms with van der Waals surface area (Å²) >= 11 is 0. The van der Waals surface area contributed by atoms with Crippen molar-refractivity contribution in [2.75, 3.05) is 0 Å². The van der Waals surface area contributed by atoms with E-state index in [4.69, 9.17) is 0 Å². The lowest BCUT2D eigenvalue weighted by molar-refractivity contribution is 0.0242. The second-order valence-electron chi connectivity index (χ2n) is 5.40. The highest BCUT2D eigenvalue weighted by molar-refractivity contribution is 4.92. The summed E-state index contributed by atoms with van der Waals surface area (Å²) in [7, 11) is 0. The normalized spacial score (nSPS) is 35.0. The molecule has 0 N–H and O–H groups in total. The van der Waals surface area contributed by atoms with Gasteiger partial charge in [-0.3, -0.25) is 0 Å². The van der Waals surface area contributed by atoms with E-state index in [1.807, 2.05) is 0 Å². The average molecular weight is 168 g/mol. The zero-order valence-corrected chi connectivity index (χ0v) is 9.24. The lowest BCUT2D eigenvalue weighted by Crippen LogP contribution is -2.38. The van der Waals surface area contributed by atoms with Gasteiger partial charge in [-0.25, -0.2) is 0 Å². The molecule has 72 valence electrons. The highest BCUT2D eigenvalue weighted by Crippen LogP contribution is 2.52. The van der Waals surface area contributed by atoms with Gasteiger partial charge in [0.05, 0.1) is 0 Å². The molecular formula is C12H24. The molecule has 0 spiro atoms. The van der Waals surface area contributed by atoms with Crippen molar-refractivity contribution in [3.05, 3.63) is 0 Å². The largest absolute Gasteiger partial charge is 0.0654 e. The van der Waals surface area contributed by atoms with E-state index in [0.717, 1.165) is 0 Å². The van der Waals surface area contributed by atoms with Crippen molar-refractivity contribution in [3.8, 4) is 0 Å². The minimum atomic E-state index is 0.585. The Morgan fingerprint density at radius 2 is 1.58 bits per heavy atom. The fraction of sp³-hybridized carbons (Fsp3) is 1.00. The molecule has 0 radical (unpaired) electrons. The van der Waals surface area contributed by atoms with Gasteiger partial charge in [0.1, 0.15) is 0 Å². The Balaban J connectivity index is 2.69. The Hall–Kier alpha value is 0. The van der Waals surface area contributed by atoms with E-state index >= 15 is 0 Å².